The van der Waals surface area contributed by atoms with Crippen LogP contribution in [0.3, 0.4) is 0 Å². The van der Waals surface area contributed by atoms with E-state index in [1.54, 1.807) is 6.92 Å². The van der Waals surface area contributed by atoms with Crippen molar-refractivity contribution in [1.29, 1.82) is 0 Å². The van der Waals surface area contributed by atoms with Gasteiger partial charge in [-0.05, 0) is 19.4 Å². The lowest BCUT2D eigenvalue weighted by atomic mass is 10.0. The molecule has 2 atom stereocenters. The Morgan fingerprint density at radius 3 is 2.53 bits per heavy atom. The van der Waals surface area contributed by atoms with Gasteiger partial charge >= 0.3 is 5.97 Å². The first-order valence-electron chi connectivity index (χ1n) is 6.19. The van der Waals surface area contributed by atoms with Crippen molar-refractivity contribution < 1.29 is 23.1 Å². The standard InChI is InChI=1S/C11H20N2O5S/c1-8(2-4-12)11(16)13(6-10(14)15)9-3-5-19(17,18)7-9/h8-9H,2-7,12H2,1H3,(H,14,15). The molecule has 8 heteroatoms. The number of carbonyl (C=O) groups excluding carboxylic acids is 1. The molecule has 3 N–H and O–H groups in total. The predicted molar refractivity (Wildman–Crippen MR) is 69.2 cm³/mol. The number of carbonyl (C=O) groups is 2. The number of hydrogen-bond acceptors (Lipinski definition) is 5. The van der Waals surface area contributed by atoms with E-state index in [1.807, 2.05) is 0 Å². The van der Waals surface area contributed by atoms with Gasteiger partial charge in [0.1, 0.15) is 6.54 Å². The Hall–Kier alpha value is -1.15. The second kappa shape index (κ2) is 6.33. The predicted octanol–water partition coefficient (Wildman–Crippen LogP) is -0.928. The fourth-order valence-electron chi connectivity index (χ4n) is 2.21. The molecule has 1 amide bonds. The summed E-state index contributed by atoms with van der Waals surface area (Å²) in [5, 5.41) is 8.87. The highest BCUT2D eigenvalue weighted by molar-refractivity contribution is 7.91. The number of amides is 1. The highest BCUT2D eigenvalue weighted by atomic mass is 32.2. The van der Waals surface area contributed by atoms with Crippen LogP contribution in [0.4, 0.5) is 0 Å². The Morgan fingerprint density at radius 2 is 2.11 bits per heavy atom. The van der Waals surface area contributed by atoms with Gasteiger partial charge in [0.05, 0.1) is 11.5 Å². The molecule has 1 rings (SSSR count). The summed E-state index contributed by atoms with van der Waals surface area (Å²) in [4.78, 5) is 24.2. The molecule has 110 valence electrons. The third-order valence-electron chi connectivity index (χ3n) is 3.26. The van der Waals surface area contributed by atoms with Crippen molar-refractivity contribution in [2.75, 3.05) is 24.6 Å². The first-order valence-corrected chi connectivity index (χ1v) is 8.01. The van der Waals surface area contributed by atoms with Gasteiger partial charge < -0.3 is 15.7 Å². The van der Waals surface area contributed by atoms with Crippen LogP contribution >= 0.6 is 0 Å². The van der Waals surface area contributed by atoms with Gasteiger partial charge in [0.25, 0.3) is 0 Å². The third kappa shape index (κ3) is 4.46. The molecule has 7 nitrogen and oxygen atoms in total. The zero-order valence-electron chi connectivity index (χ0n) is 10.9. The molecule has 0 radical (unpaired) electrons. The molecule has 19 heavy (non-hydrogen) atoms. The van der Waals surface area contributed by atoms with Gasteiger partial charge in [-0.25, -0.2) is 8.42 Å². The van der Waals surface area contributed by atoms with Crippen LogP contribution in [-0.4, -0.2) is 60.9 Å². The number of nitrogens with zero attached hydrogens (tertiary/aromatic N) is 1. The van der Waals surface area contributed by atoms with Gasteiger partial charge in [-0.3, -0.25) is 9.59 Å². The van der Waals surface area contributed by atoms with E-state index in [0.717, 1.165) is 0 Å². The molecule has 0 aromatic carbocycles. The lowest BCUT2D eigenvalue weighted by Gasteiger charge is -2.29. The molecule has 2 unspecified atom stereocenters. The van der Waals surface area contributed by atoms with E-state index in [9.17, 15) is 18.0 Å². The molecule has 0 aromatic heterocycles. The summed E-state index contributed by atoms with van der Waals surface area (Å²) in [7, 11) is -3.16. The second-order valence-corrected chi connectivity index (χ2v) is 7.12. The molecular weight excluding hydrogens is 272 g/mol. The topological polar surface area (TPSA) is 118 Å². The van der Waals surface area contributed by atoms with Crippen LogP contribution in [0.1, 0.15) is 19.8 Å². The third-order valence-corrected chi connectivity index (χ3v) is 5.01. The normalized spacial score (nSPS) is 22.9. The summed E-state index contributed by atoms with van der Waals surface area (Å²) in [6.07, 6.45) is 0.755. The monoisotopic (exact) mass is 292 g/mol. The molecule has 1 fully saturated rings. The summed E-state index contributed by atoms with van der Waals surface area (Å²) >= 11 is 0. The number of carboxylic acids is 1. The molecular formula is C11H20N2O5S. The number of sulfone groups is 1. The van der Waals surface area contributed by atoms with E-state index < -0.39 is 34.3 Å². The Morgan fingerprint density at radius 1 is 1.47 bits per heavy atom. The molecule has 0 aromatic rings. The Kier molecular flexibility index (Phi) is 5.30. The van der Waals surface area contributed by atoms with Crippen molar-refractivity contribution in [3.05, 3.63) is 0 Å². The van der Waals surface area contributed by atoms with E-state index in [-0.39, 0.29) is 17.4 Å². The van der Waals surface area contributed by atoms with Crippen LogP contribution < -0.4 is 5.73 Å². The molecule has 1 heterocycles. The van der Waals surface area contributed by atoms with Crippen molar-refractivity contribution in [3.63, 3.8) is 0 Å². The van der Waals surface area contributed by atoms with Gasteiger partial charge in [0, 0.05) is 12.0 Å². The number of aliphatic carboxylic acids is 1. The maximum Gasteiger partial charge on any atom is 0.323 e. The summed E-state index contributed by atoms with van der Waals surface area (Å²) < 4.78 is 22.9. The van der Waals surface area contributed by atoms with E-state index in [2.05, 4.69) is 0 Å². The van der Waals surface area contributed by atoms with Crippen LogP contribution in [0.25, 0.3) is 0 Å². The Labute approximate surface area is 112 Å². The summed E-state index contributed by atoms with van der Waals surface area (Å²) in [5.74, 6) is -2.02. The molecule has 1 aliphatic rings. The van der Waals surface area contributed by atoms with Crippen LogP contribution in [-0.2, 0) is 19.4 Å². The van der Waals surface area contributed by atoms with Crippen molar-refractivity contribution in [3.8, 4) is 0 Å². The van der Waals surface area contributed by atoms with Crippen LogP contribution in [0.5, 0.6) is 0 Å². The summed E-state index contributed by atoms with van der Waals surface area (Å²) in [6.45, 7) is 1.54. The van der Waals surface area contributed by atoms with Crippen molar-refractivity contribution in [2.24, 2.45) is 11.7 Å². The largest absolute Gasteiger partial charge is 0.480 e. The average molecular weight is 292 g/mol. The van der Waals surface area contributed by atoms with E-state index in [1.165, 1.54) is 4.90 Å². The van der Waals surface area contributed by atoms with E-state index in [0.29, 0.717) is 19.4 Å². The van der Waals surface area contributed by atoms with Crippen molar-refractivity contribution in [2.45, 2.75) is 25.8 Å². The molecule has 0 spiro atoms. The molecule has 0 bridgehead atoms. The lowest BCUT2D eigenvalue weighted by molar-refractivity contribution is -0.147. The smallest absolute Gasteiger partial charge is 0.323 e. The molecule has 0 saturated carbocycles. The zero-order valence-corrected chi connectivity index (χ0v) is 11.7. The van der Waals surface area contributed by atoms with E-state index in [4.69, 9.17) is 10.8 Å². The molecule has 1 saturated heterocycles. The highest BCUT2D eigenvalue weighted by Gasteiger charge is 2.36. The minimum atomic E-state index is -3.16. The van der Waals surface area contributed by atoms with Gasteiger partial charge in [0.15, 0.2) is 9.84 Å². The quantitative estimate of drug-likeness (QED) is 0.653. The van der Waals surface area contributed by atoms with Gasteiger partial charge in [-0.15, -0.1) is 0 Å². The minimum absolute atomic E-state index is 0.00629. The fourth-order valence-corrected chi connectivity index (χ4v) is 3.94. The zero-order chi connectivity index (χ0) is 14.6. The highest BCUT2D eigenvalue weighted by Crippen LogP contribution is 2.20. The maximum absolute atomic E-state index is 12.2. The first kappa shape index (κ1) is 15.9. The Balaban J connectivity index is 2.83. The Bertz CT molecular complexity index is 448. The summed E-state index contributed by atoms with van der Waals surface area (Å²) in [6, 6.07) is -0.533. The fraction of sp³-hybridized carbons (Fsp3) is 0.818. The number of rotatable bonds is 6. The number of carboxylic acid groups (broad SMARTS) is 1. The van der Waals surface area contributed by atoms with Crippen LogP contribution in [0.15, 0.2) is 0 Å². The van der Waals surface area contributed by atoms with Gasteiger partial charge in [-0.1, -0.05) is 6.92 Å². The maximum atomic E-state index is 12.2. The number of hydrogen-bond donors (Lipinski definition) is 2. The van der Waals surface area contributed by atoms with Crippen LogP contribution in [0, 0.1) is 5.92 Å². The van der Waals surface area contributed by atoms with E-state index >= 15 is 0 Å². The average Bonchev–Trinajstić information content (AvgIpc) is 2.65. The lowest BCUT2D eigenvalue weighted by Crippen LogP contribution is -2.46. The van der Waals surface area contributed by atoms with Crippen LogP contribution in [0.2, 0.25) is 0 Å². The van der Waals surface area contributed by atoms with Gasteiger partial charge in [0.2, 0.25) is 5.91 Å². The second-order valence-electron chi connectivity index (χ2n) is 4.90. The minimum Gasteiger partial charge on any atom is -0.480 e. The molecule has 0 aliphatic carbocycles. The van der Waals surface area contributed by atoms with Crippen molar-refractivity contribution in [1.82, 2.24) is 4.90 Å². The van der Waals surface area contributed by atoms with Gasteiger partial charge in [-0.2, -0.15) is 0 Å². The van der Waals surface area contributed by atoms with Crippen molar-refractivity contribution >= 4 is 21.7 Å². The summed E-state index contributed by atoms with van der Waals surface area (Å²) in [5.41, 5.74) is 5.38. The first-order chi connectivity index (χ1) is 8.76. The SMILES string of the molecule is CC(CCN)C(=O)N(CC(=O)O)C1CCS(=O)(=O)C1. The molecule has 1 aliphatic heterocycles. The number of nitrogens with two attached hydrogens (primary N) is 1.